The van der Waals surface area contributed by atoms with Gasteiger partial charge in [0.1, 0.15) is 0 Å². The van der Waals surface area contributed by atoms with E-state index in [2.05, 4.69) is 29.3 Å². The topological polar surface area (TPSA) is 32.3 Å². The highest BCUT2D eigenvalue weighted by molar-refractivity contribution is 5.94. The van der Waals surface area contributed by atoms with E-state index < -0.39 is 0 Å². The fourth-order valence-corrected chi connectivity index (χ4v) is 2.29. The summed E-state index contributed by atoms with van der Waals surface area (Å²) in [7, 11) is 2.01. The molecule has 2 rings (SSSR count). The molecule has 3 heteroatoms. The number of carbonyl (C=O) groups is 1. The van der Waals surface area contributed by atoms with Gasteiger partial charge < -0.3 is 5.32 Å². The normalized spacial score (nSPS) is 20.5. The van der Waals surface area contributed by atoms with Crippen LogP contribution in [0.5, 0.6) is 0 Å². The van der Waals surface area contributed by atoms with Gasteiger partial charge in [-0.05, 0) is 50.6 Å². The van der Waals surface area contributed by atoms with Gasteiger partial charge in [0.25, 0.3) is 0 Å². The number of nitrogens with one attached hydrogen (secondary N) is 1. The zero-order valence-electron chi connectivity index (χ0n) is 10.6. The molecule has 0 bridgehead atoms. The second kappa shape index (κ2) is 5.32. The third-order valence-corrected chi connectivity index (χ3v) is 3.45. The molecule has 0 saturated carbocycles. The Labute approximate surface area is 103 Å². The summed E-state index contributed by atoms with van der Waals surface area (Å²) >= 11 is 0. The van der Waals surface area contributed by atoms with Gasteiger partial charge in [0.15, 0.2) is 0 Å². The predicted octanol–water partition coefficient (Wildman–Crippen LogP) is 2.28. The molecule has 17 heavy (non-hydrogen) atoms. The fourth-order valence-electron chi connectivity index (χ4n) is 2.29. The summed E-state index contributed by atoms with van der Waals surface area (Å²) in [4.78, 5) is 14.1. The molecular formula is C14H20N2O. The van der Waals surface area contributed by atoms with Crippen LogP contribution in [-0.2, 0) is 11.2 Å². The molecule has 1 heterocycles. The number of hydrogen-bond acceptors (Lipinski definition) is 2. The van der Waals surface area contributed by atoms with Gasteiger partial charge in [0.05, 0.1) is 6.04 Å². The predicted molar refractivity (Wildman–Crippen MR) is 70.1 cm³/mol. The summed E-state index contributed by atoms with van der Waals surface area (Å²) in [5, 5.41) is 2.98. The Bertz CT molecular complexity index is 386. The Balaban J connectivity index is 1.97. The molecule has 1 aromatic carbocycles. The molecule has 1 saturated heterocycles. The summed E-state index contributed by atoms with van der Waals surface area (Å²) in [5.41, 5.74) is 2.19. The van der Waals surface area contributed by atoms with Gasteiger partial charge in [-0.15, -0.1) is 0 Å². The van der Waals surface area contributed by atoms with Crippen molar-refractivity contribution in [3.8, 4) is 0 Å². The maximum absolute atomic E-state index is 12.0. The number of carbonyl (C=O) groups excluding carboxylic acids is 1. The van der Waals surface area contributed by atoms with E-state index in [0.29, 0.717) is 0 Å². The first-order chi connectivity index (χ1) is 8.20. The Morgan fingerprint density at radius 1 is 1.41 bits per heavy atom. The lowest BCUT2D eigenvalue weighted by Gasteiger charge is -2.18. The average molecular weight is 232 g/mol. The van der Waals surface area contributed by atoms with Crippen LogP contribution >= 0.6 is 0 Å². The quantitative estimate of drug-likeness (QED) is 0.867. The standard InChI is InChI=1S/C14H20N2O/c1-3-11-6-8-12(9-7-11)15-14(17)13-5-4-10-16(13)2/h6-9,13H,3-5,10H2,1-2H3,(H,15,17). The van der Waals surface area contributed by atoms with E-state index in [0.717, 1.165) is 31.5 Å². The molecule has 92 valence electrons. The Morgan fingerprint density at radius 3 is 2.65 bits per heavy atom. The highest BCUT2D eigenvalue weighted by Crippen LogP contribution is 2.17. The fraction of sp³-hybridized carbons (Fsp3) is 0.500. The van der Waals surface area contributed by atoms with Crippen molar-refractivity contribution in [2.24, 2.45) is 0 Å². The summed E-state index contributed by atoms with van der Waals surface area (Å²) < 4.78 is 0. The van der Waals surface area contributed by atoms with Gasteiger partial charge in [-0.1, -0.05) is 19.1 Å². The Morgan fingerprint density at radius 2 is 2.12 bits per heavy atom. The number of amides is 1. The van der Waals surface area contributed by atoms with Crippen molar-refractivity contribution < 1.29 is 4.79 Å². The molecule has 1 aliphatic heterocycles. The first-order valence-electron chi connectivity index (χ1n) is 6.30. The van der Waals surface area contributed by atoms with Crippen LogP contribution in [0.15, 0.2) is 24.3 Å². The molecule has 0 aromatic heterocycles. The minimum absolute atomic E-state index is 0.0425. The molecule has 1 atom stereocenters. The van der Waals surface area contributed by atoms with Gasteiger partial charge in [0.2, 0.25) is 5.91 Å². The first-order valence-corrected chi connectivity index (χ1v) is 6.30. The van der Waals surface area contributed by atoms with Gasteiger partial charge in [-0.3, -0.25) is 9.69 Å². The zero-order valence-corrected chi connectivity index (χ0v) is 10.6. The molecule has 1 N–H and O–H groups in total. The van der Waals surface area contributed by atoms with Crippen LogP contribution in [0, 0.1) is 0 Å². The van der Waals surface area contributed by atoms with Crippen LogP contribution in [0.1, 0.15) is 25.3 Å². The third-order valence-electron chi connectivity index (χ3n) is 3.45. The molecule has 1 aromatic rings. The lowest BCUT2D eigenvalue weighted by atomic mass is 10.1. The van der Waals surface area contributed by atoms with Crippen LogP contribution < -0.4 is 5.32 Å². The highest BCUT2D eigenvalue weighted by Gasteiger charge is 2.27. The minimum Gasteiger partial charge on any atom is -0.325 e. The lowest BCUT2D eigenvalue weighted by molar-refractivity contribution is -0.119. The number of rotatable bonds is 3. The van der Waals surface area contributed by atoms with Crippen molar-refractivity contribution in [1.82, 2.24) is 4.90 Å². The first kappa shape index (κ1) is 12.1. The summed E-state index contributed by atoms with van der Waals surface area (Å²) in [5.74, 6) is 0.120. The van der Waals surface area contributed by atoms with Gasteiger partial charge in [-0.25, -0.2) is 0 Å². The van der Waals surface area contributed by atoms with E-state index in [-0.39, 0.29) is 11.9 Å². The average Bonchev–Trinajstić information content (AvgIpc) is 2.76. The lowest BCUT2D eigenvalue weighted by Crippen LogP contribution is -2.37. The van der Waals surface area contributed by atoms with Crippen LogP contribution in [0.4, 0.5) is 5.69 Å². The van der Waals surface area contributed by atoms with Crippen molar-refractivity contribution in [1.29, 1.82) is 0 Å². The van der Waals surface area contributed by atoms with Crippen LogP contribution in [0.2, 0.25) is 0 Å². The molecule has 1 unspecified atom stereocenters. The number of likely N-dealkylation sites (tertiary alicyclic amines) is 1. The molecule has 0 spiro atoms. The summed E-state index contributed by atoms with van der Waals surface area (Å²) in [6.45, 7) is 3.15. The largest absolute Gasteiger partial charge is 0.325 e. The zero-order chi connectivity index (χ0) is 12.3. The smallest absolute Gasteiger partial charge is 0.241 e. The van der Waals surface area contributed by atoms with Crippen LogP contribution in [0.3, 0.4) is 0 Å². The van der Waals surface area contributed by atoms with Crippen LogP contribution in [-0.4, -0.2) is 30.4 Å². The molecule has 1 fully saturated rings. The monoisotopic (exact) mass is 232 g/mol. The molecular weight excluding hydrogens is 212 g/mol. The van der Waals surface area contributed by atoms with E-state index in [1.165, 1.54) is 5.56 Å². The van der Waals surface area contributed by atoms with E-state index >= 15 is 0 Å². The summed E-state index contributed by atoms with van der Waals surface area (Å²) in [6.07, 6.45) is 3.11. The minimum atomic E-state index is 0.0425. The highest BCUT2D eigenvalue weighted by atomic mass is 16.2. The van der Waals surface area contributed by atoms with Crippen molar-refractivity contribution in [2.75, 3.05) is 18.9 Å². The Kier molecular flexibility index (Phi) is 3.79. The van der Waals surface area contributed by atoms with Crippen molar-refractivity contribution in [3.63, 3.8) is 0 Å². The van der Waals surface area contributed by atoms with Gasteiger partial charge in [-0.2, -0.15) is 0 Å². The second-order valence-electron chi connectivity index (χ2n) is 4.68. The number of aryl methyl sites for hydroxylation is 1. The number of benzene rings is 1. The SMILES string of the molecule is CCc1ccc(NC(=O)C2CCCN2C)cc1. The Hall–Kier alpha value is -1.35. The van der Waals surface area contributed by atoms with E-state index in [1.807, 2.05) is 19.2 Å². The summed E-state index contributed by atoms with van der Waals surface area (Å²) in [6, 6.07) is 8.13. The van der Waals surface area contributed by atoms with E-state index in [1.54, 1.807) is 0 Å². The molecule has 1 aliphatic rings. The second-order valence-corrected chi connectivity index (χ2v) is 4.68. The number of hydrogen-bond donors (Lipinski definition) is 1. The maximum Gasteiger partial charge on any atom is 0.241 e. The van der Waals surface area contributed by atoms with E-state index in [9.17, 15) is 4.79 Å². The number of likely N-dealkylation sites (N-methyl/N-ethyl adjacent to an activating group) is 1. The van der Waals surface area contributed by atoms with Crippen molar-refractivity contribution in [2.45, 2.75) is 32.2 Å². The van der Waals surface area contributed by atoms with Crippen LogP contribution in [0.25, 0.3) is 0 Å². The van der Waals surface area contributed by atoms with E-state index in [4.69, 9.17) is 0 Å². The van der Waals surface area contributed by atoms with Gasteiger partial charge in [0, 0.05) is 5.69 Å². The maximum atomic E-state index is 12.0. The molecule has 0 radical (unpaired) electrons. The molecule has 1 amide bonds. The number of nitrogens with zero attached hydrogens (tertiary/aromatic N) is 1. The molecule has 3 nitrogen and oxygen atoms in total. The molecule has 0 aliphatic carbocycles. The third kappa shape index (κ3) is 2.86. The number of anilines is 1. The van der Waals surface area contributed by atoms with Gasteiger partial charge >= 0.3 is 0 Å². The van der Waals surface area contributed by atoms with Crippen molar-refractivity contribution >= 4 is 11.6 Å². The van der Waals surface area contributed by atoms with Crippen molar-refractivity contribution in [3.05, 3.63) is 29.8 Å².